The Labute approximate surface area is 197 Å². The largest absolute Gasteiger partial charge is 0.478 e. The van der Waals surface area contributed by atoms with Gasteiger partial charge in [-0.1, -0.05) is 60.1 Å². The van der Waals surface area contributed by atoms with Crippen molar-refractivity contribution in [1.82, 2.24) is 0 Å². The van der Waals surface area contributed by atoms with Crippen molar-refractivity contribution < 1.29 is 24.4 Å². The number of halogens is 1. The summed E-state index contributed by atoms with van der Waals surface area (Å²) in [5, 5.41) is 22.3. The van der Waals surface area contributed by atoms with Crippen molar-refractivity contribution in [3.8, 4) is 0 Å². The lowest BCUT2D eigenvalue weighted by atomic mass is 9.51. The van der Waals surface area contributed by atoms with E-state index in [4.69, 9.17) is 11.6 Å². The van der Waals surface area contributed by atoms with E-state index in [1.54, 1.807) is 48.5 Å². The minimum atomic E-state index is -1.93. The van der Waals surface area contributed by atoms with Crippen molar-refractivity contribution in [2.45, 2.75) is 11.5 Å². The van der Waals surface area contributed by atoms with Crippen LogP contribution in [0.15, 0.2) is 66.7 Å². The molecule has 1 N–H and O–H groups in total. The Morgan fingerprint density at radius 1 is 0.971 bits per heavy atom. The maximum atomic E-state index is 13.9. The van der Waals surface area contributed by atoms with Crippen molar-refractivity contribution in [2.24, 2.45) is 11.8 Å². The lowest BCUT2D eigenvalue weighted by Gasteiger charge is -2.48. The van der Waals surface area contributed by atoms with Gasteiger partial charge in [-0.25, -0.2) is 9.69 Å². The molecule has 1 saturated heterocycles. The Morgan fingerprint density at radius 3 is 2.12 bits per heavy atom. The number of anilines is 1. The second-order valence-corrected chi connectivity index (χ2v) is 9.07. The van der Waals surface area contributed by atoms with Crippen LogP contribution < -0.4 is 4.90 Å². The fourth-order valence-corrected chi connectivity index (χ4v) is 6.31. The number of carboxylic acids is 1. The van der Waals surface area contributed by atoms with Crippen LogP contribution in [-0.2, 0) is 15.1 Å². The van der Waals surface area contributed by atoms with E-state index in [-0.39, 0.29) is 16.3 Å². The Hall–Kier alpha value is -4.04. The van der Waals surface area contributed by atoms with Crippen LogP contribution in [0.2, 0.25) is 5.02 Å². The molecule has 0 saturated carbocycles. The van der Waals surface area contributed by atoms with Crippen molar-refractivity contribution in [3.63, 3.8) is 0 Å². The molecule has 168 valence electrons. The van der Waals surface area contributed by atoms with Crippen molar-refractivity contribution in [2.75, 3.05) is 4.90 Å². The molecule has 7 rings (SSSR count). The van der Waals surface area contributed by atoms with Crippen molar-refractivity contribution in [3.05, 3.63) is 110 Å². The first-order chi connectivity index (χ1) is 16.3. The Bertz CT molecular complexity index is 1420. The van der Waals surface area contributed by atoms with E-state index in [0.29, 0.717) is 22.3 Å². The fourth-order valence-electron chi connectivity index (χ4n) is 6.11. The molecule has 1 aliphatic heterocycles. The van der Waals surface area contributed by atoms with Gasteiger partial charge in [0.15, 0.2) is 0 Å². The molecule has 1 fully saturated rings. The molecule has 4 aliphatic rings. The average molecular weight is 475 g/mol. The molecular weight excluding hydrogens is 460 g/mol. The second-order valence-electron chi connectivity index (χ2n) is 8.66. The third-order valence-corrected chi connectivity index (χ3v) is 7.63. The highest BCUT2D eigenvalue weighted by molar-refractivity contribution is 6.34. The van der Waals surface area contributed by atoms with Crippen molar-refractivity contribution >= 4 is 35.1 Å². The minimum Gasteiger partial charge on any atom is -0.478 e. The van der Waals surface area contributed by atoms with Crippen LogP contribution >= 0.6 is 11.6 Å². The maximum absolute atomic E-state index is 13.9. The number of hydrogen-bond acceptors (Lipinski definition) is 5. The zero-order chi connectivity index (χ0) is 23.9. The molecule has 1 heterocycles. The van der Waals surface area contributed by atoms with Gasteiger partial charge in [0, 0.05) is 22.0 Å². The topological polar surface area (TPSA) is 118 Å². The number of benzene rings is 3. The van der Waals surface area contributed by atoms with E-state index < -0.39 is 46.0 Å². The number of rotatable bonds is 3. The summed E-state index contributed by atoms with van der Waals surface area (Å²) in [4.78, 5) is 52.6. The molecule has 0 aromatic heterocycles. The smallest absolute Gasteiger partial charge is 0.337 e. The highest BCUT2D eigenvalue weighted by Gasteiger charge is 2.74. The van der Waals surface area contributed by atoms with Crippen LogP contribution in [0.1, 0.15) is 38.5 Å². The number of amides is 2. The number of imide groups is 1. The lowest BCUT2D eigenvalue weighted by molar-refractivity contribution is -0.578. The molecule has 3 aromatic rings. The first-order valence-corrected chi connectivity index (χ1v) is 10.9. The van der Waals surface area contributed by atoms with Gasteiger partial charge in [0.2, 0.25) is 11.8 Å². The third kappa shape index (κ3) is 2.25. The molecule has 0 radical (unpaired) electrons. The SMILES string of the molecule is O=C(O)c1cc(N2C(=O)[C@@H]3C4c5ccccc5C([N+](=O)[O-])(c5ccccc54)[C@@H]3C2=O)ccc1Cl. The van der Waals surface area contributed by atoms with Gasteiger partial charge in [0.05, 0.1) is 22.2 Å². The number of nitro groups is 1. The number of carbonyl (C=O) groups excluding carboxylic acids is 2. The van der Waals surface area contributed by atoms with Crippen LogP contribution in [0.5, 0.6) is 0 Å². The zero-order valence-electron chi connectivity index (χ0n) is 17.3. The van der Waals surface area contributed by atoms with Crippen LogP contribution in [-0.4, -0.2) is 27.8 Å². The second kappa shape index (κ2) is 6.74. The average Bonchev–Trinajstić information content (AvgIpc) is 3.10. The Balaban J connectivity index is 1.63. The Kier molecular flexibility index (Phi) is 4.08. The summed E-state index contributed by atoms with van der Waals surface area (Å²) in [7, 11) is 0. The van der Waals surface area contributed by atoms with Gasteiger partial charge in [-0.15, -0.1) is 0 Å². The first kappa shape index (κ1) is 20.6. The van der Waals surface area contributed by atoms with Gasteiger partial charge >= 0.3 is 5.97 Å². The quantitative estimate of drug-likeness (QED) is 0.350. The van der Waals surface area contributed by atoms with E-state index in [9.17, 15) is 29.6 Å². The summed E-state index contributed by atoms with van der Waals surface area (Å²) in [5.41, 5.74) is -0.0409. The monoisotopic (exact) mass is 474 g/mol. The molecular formula is C25H15ClN2O6. The molecule has 0 spiro atoms. The number of hydrogen-bond donors (Lipinski definition) is 1. The summed E-state index contributed by atoms with van der Waals surface area (Å²) in [6, 6.07) is 17.6. The van der Waals surface area contributed by atoms with Crippen LogP contribution in [0.3, 0.4) is 0 Å². The fraction of sp³-hybridized carbons (Fsp3) is 0.160. The maximum Gasteiger partial charge on any atom is 0.337 e. The molecule has 8 nitrogen and oxygen atoms in total. The van der Waals surface area contributed by atoms with Gasteiger partial charge in [-0.3, -0.25) is 19.7 Å². The van der Waals surface area contributed by atoms with Crippen LogP contribution in [0.4, 0.5) is 5.69 Å². The van der Waals surface area contributed by atoms with Gasteiger partial charge < -0.3 is 5.11 Å². The summed E-state index contributed by atoms with van der Waals surface area (Å²) in [6.45, 7) is 0. The number of carbonyl (C=O) groups is 3. The van der Waals surface area contributed by atoms with Crippen LogP contribution in [0, 0.1) is 22.0 Å². The van der Waals surface area contributed by atoms with E-state index in [0.717, 1.165) is 11.0 Å². The molecule has 0 unspecified atom stereocenters. The lowest BCUT2D eigenvalue weighted by Crippen LogP contribution is -2.57. The summed E-state index contributed by atoms with van der Waals surface area (Å²) in [5.74, 6) is -5.43. The third-order valence-electron chi connectivity index (χ3n) is 7.30. The normalized spacial score (nSPS) is 26.1. The zero-order valence-corrected chi connectivity index (χ0v) is 18.1. The van der Waals surface area contributed by atoms with E-state index >= 15 is 0 Å². The van der Waals surface area contributed by atoms with E-state index in [2.05, 4.69) is 0 Å². The van der Waals surface area contributed by atoms with Gasteiger partial charge in [-0.05, 0) is 29.3 Å². The van der Waals surface area contributed by atoms with Crippen LogP contribution in [0.25, 0.3) is 0 Å². The number of aromatic carboxylic acids is 1. The molecule has 2 amide bonds. The first-order valence-electron chi connectivity index (χ1n) is 10.5. The molecule has 2 atom stereocenters. The van der Waals surface area contributed by atoms with Gasteiger partial charge in [0.1, 0.15) is 5.92 Å². The summed E-state index contributed by atoms with van der Waals surface area (Å²) < 4.78 is 0. The van der Waals surface area contributed by atoms with Crippen molar-refractivity contribution in [1.29, 1.82) is 0 Å². The number of carboxylic acid groups (broad SMARTS) is 1. The molecule has 2 bridgehead atoms. The highest BCUT2D eigenvalue weighted by Crippen LogP contribution is 2.64. The molecule has 9 heteroatoms. The van der Waals surface area contributed by atoms with Gasteiger partial charge in [0.25, 0.3) is 5.54 Å². The molecule has 3 aromatic carbocycles. The molecule has 3 aliphatic carbocycles. The van der Waals surface area contributed by atoms with Gasteiger partial charge in [-0.2, -0.15) is 0 Å². The number of nitrogens with zero attached hydrogens (tertiary/aromatic N) is 2. The Morgan fingerprint density at radius 2 is 1.56 bits per heavy atom. The standard InChI is InChI=1S/C25H15ClN2O6/c26-18-10-9-12(11-15(18)24(31)32)27-22(29)20-19-13-5-1-3-7-16(13)25(28(33)34,21(20)23(27)30)17-8-4-2-6-14(17)19/h1-11,19-21H,(H,31,32)/t19?,20-,21+,25?/m1/s1. The summed E-state index contributed by atoms with van der Waals surface area (Å²) >= 11 is 5.98. The predicted molar refractivity (Wildman–Crippen MR) is 120 cm³/mol. The highest BCUT2D eigenvalue weighted by atomic mass is 35.5. The predicted octanol–water partition coefficient (Wildman–Crippen LogP) is 3.82. The van der Waals surface area contributed by atoms with E-state index in [1.807, 2.05) is 0 Å². The summed E-state index contributed by atoms with van der Waals surface area (Å²) in [6.07, 6.45) is 0. The van der Waals surface area contributed by atoms with E-state index in [1.165, 1.54) is 12.1 Å². The molecule has 34 heavy (non-hydrogen) atoms. The minimum absolute atomic E-state index is 0.0252.